The van der Waals surface area contributed by atoms with Gasteiger partial charge in [0.05, 0.1) is 12.4 Å². The number of carbonyl (C=O) groups is 2. The molecule has 0 aliphatic rings. The minimum absolute atomic E-state index is 0.0788. The monoisotopic (exact) mass is 281 g/mol. The van der Waals surface area contributed by atoms with Crippen molar-refractivity contribution in [1.82, 2.24) is 5.32 Å². The number of hydrogen-bond acceptors (Lipinski definition) is 4. The van der Waals surface area contributed by atoms with Gasteiger partial charge in [0.25, 0.3) is 0 Å². The first-order chi connectivity index (χ1) is 9.04. The predicted octanol–water partition coefficient (Wildman–Crippen LogP) is 1.91. The van der Waals surface area contributed by atoms with E-state index in [1.807, 2.05) is 19.1 Å². The Morgan fingerprint density at radius 3 is 2.68 bits per heavy atom. The van der Waals surface area contributed by atoms with Crippen LogP contribution >= 0.6 is 11.8 Å². The molecule has 0 radical (unpaired) electrons. The molecule has 1 rings (SSSR count). The Balaban J connectivity index is 2.38. The van der Waals surface area contributed by atoms with E-state index in [9.17, 15) is 9.59 Å². The van der Waals surface area contributed by atoms with E-state index >= 15 is 0 Å². The molecule has 0 aliphatic heterocycles. The van der Waals surface area contributed by atoms with Gasteiger partial charge in [-0.2, -0.15) is 0 Å². The van der Waals surface area contributed by atoms with E-state index < -0.39 is 5.97 Å². The van der Waals surface area contributed by atoms with Crippen LogP contribution < -0.4 is 5.32 Å². The molecule has 104 valence electrons. The van der Waals surface area contributed by atoms with Crippen LogP contribution in [0, 0.1) is 6.92 Å². The molecule has 1 aromatic rings. The standard InChI is InChI=1S/C14H19NO3S/c1-10-6-4-5-7-12(10)9-19-11(2)14(17)15-8-13(16)18-3/h4-7,11H,8-9H2,1-3H3,(H,15,17). The van der Waals surface area contributed by atoms with Crippen LogP contribution in [0.1, 0.15) is 18.1 Å². The first kappa shape index (κ1) is 15.6. The molecule has 1 aromatic carbocycles. The second-order valence-corrected chi connectivity index (χ2v) is 5.50. The lowest BCUT2D eigenvalue weighted by Crippen LogP contribution is -2.35. The average molecular weight is 281 g/mol. The largest absolute Gasteiger partial charge is 0.468 e. The van der Waals surface area contributed by atoms with Gasteiger partial charge in [-0.3, -0.25) is 9.59 Å². The molecule has 1 amide bonds. The Morgan fingerprint density at radius 2 is 2.05 bits per heavy atom. The summed E-state index contributed by atoms with van der Waals surface area (Å²) in [6.45, 7) is 3.80. The van der Waals surface area contributed by atoms with Crippen LogP contribution in [0.15, 0.2) is 24.3 Å². The molecule has 5 heteroatoms. The normalized spacial score (nSPS) is 11.7. The van der Waals surface area contributed by atoms with E-state index in [0.717, 1.165) is 5.75 Å². The molecule has 0 fully saturated rings. The smallest absolute Gasteiger partial charge is 0.325 e. The Bertz CT molecular complexity index is 448. The molecule has 0 saturated heterocycles. The molecule has 1 N–H and O–H groups in total. The third kappa shape index (κ3) is 5.34. The molecule has 0 aromatic heterocycles. The molecule has 4 nitrogen and oxygen atoms in total. The topological polar surface area (TPSA) is 55.4 Å². The van der Waals surface area contributed by atoms with Gasteiger partial charge in [0, 0.05) is 5.75 Å². The van der Waals surface area contributed by atoms with Gasteiger partial charge in [0.2, 0.25) is 5.91 Å². The van der Waals surface area contributed by atoms with Crippen molar-refractivity contribution < 1.29 is 14.3 Å². The number of thioether (sulfide) groups is 1. The lowest BCUT2D eigenvalue weighted by atomic mass is 10.1. The molecule has 1 unspecified atom stereocenters. The van der Waals surface area contributed by atoms with E-state index in [4.69, 9.17) is 0 Å². The number of aryl methyl sites for hydroxylation is 1. The minimum Gasteiger partial charge on any atom is -0.468 e. The minimum atomic E-state index is -0.440. The highest BCUT2D eigenvalue weighted by atomic mass is 32.2. The maximum absolute atomic E-state index is 11.7. The van der Waals surface area contributed by atoms with E-state index in [1.165, 1.54) is 18.2 Å². The summed E-state index contributed by atoms with van der Waals surface area (Å²) in [5, 5.41) is 2.35. The van der Waals surface area contributed by atoms with E-state index in [0.29, 0.717) is 0 Å². The van der Waals surface area contributed by atoms with E-state index in [1.54, 1.807) is 11.8 Å². The van der Waals surface area contributed by atoms with Gasteiger partial charge in [0.15, 0.2) is 0 Å². The van der Waals surface area contributed by atoms with Crippen molar-refractivity contribution in [3.05, 3.63) is 35.4 Å². The zero-order valence-electron chi connectivity index (χ0n) is 11.4. The molecular weight excluding hydrogens is 262 g/mol. The predicted molar refractivity (Wildman–Crippen MR) is 77.0 cm³/mol. The second-order valence-electron chi connectivity index (χ2n) is 4.17. The molecule has 1 atom stereocenters. The zero-order chi connectivity index (χ0) is 14.3. The number of methoxy groups -OCH3 is 1. The summed E-state index contributed by atoms with van der Waals surface area (Å²) in [7, 11) is 1.30. The number of rotatable bonds is 6. The third-order valence-electron chi connectivity index (χ3n) is 2.75. The Kier molecular flexibility index (Phi) is 6.42. The highest BCUT2D eigenvalue weighted by Crippen LogP contribution is 2.20. The number of amides is 1. The van der Waals surface area contributed by atoms with Gasteiger partial charge < -0.3 is 10.1 Å². The number of hydrogen-bond donors (Lipinski definition) is 1. The molecule has 0 bridgehead atoms. The summed E-state index contributed by atoms with van der Waals surface area (Å²) in [4.78, 5) is 22.6. The molecule has 19 heavy (non-hydrogen) atoms. The number of nitrogens with one attached hydrogen (secondary N) is 1. The van der Waals surface area contributed by atoms with Gasteiger partial charge in [-0.1, -0.05) is 24.3 Å². The van der Waals surface area contributed by atoms with Crippen molar-refractivity contribution in [2.75, 3.05) is 13.7 Å². The first-order valence-electron chi connectivity index (χ1n) is 6.05. The summed E-state index contributed by atoms with van der Waals surface area (Å²) in [5.41, 5.74) is 2.44. The molecule has 0 spiro atoms. The van der Waals surface area contributed by atoms with Crippen LogP contribution in [0.2, 0.25) is 0 Å². The van der Waals surface area contributed by atoms with Gasteiger partial charge in [0.1, 0.15) is 6.54 Å². The van der Waals surface area contributed by atoms with Crippen molar-refractivity contribution >= 4 is 23.6 Å². The molecule has 0 heterocycles. The van der Waals surface area contributed by atoms with Crippen LogP contribution in [0.3, 0.4) is 0 Å². The van der Waals surface area contributed by atoms with Crippen LogP contribution in [0.4, 0.5) is 0 Å². The Labute approximate surface area is 117 Å². The fourth-order valence-corrected chi connectivity index (χ4v) is 2.43. The van der Waals surface area contributed by atoms with Gasteiger partial charge in [-0.25, -0.2) is 0 Å². The number of benzene rings is 1. The van der Waals surface area contributed by atoms with Gasteiger partial charge >= 0.3 is 5.97 Å². The lowest BCUT2D eigenvalue weighted by molar-refractivity contribution is -0.141. The summed E-state index contributed by atoms with van der Waals surface area (Å²) < 4.78 is 4.46. The Hall–Kier alpha value is -1.49. The first-order valence-corrected chi connectivity index (χ1v) is 7.10. The fraction of sp³-hybridized carbons (Fsp3) is 0.429. The van der Waals surface area contributed by atoms with Crippen molar-refractivity contribution in [2.24, 2.45) is 0 Å². The molecule has 0 aliphatic carbocycles. The number of esters is 1. The number of ether oxygens (including phenoxy) is 1. The van der Waals surface area contributed by atoms with Crippen LogP contribution in [0.25, 0.3) is 0 Å². The van der Waals surface area contributed by atoms with Crippen molar-refractivity contribution in [1.29, 1.82) is 0 Å². The maximum Gasteiger partial charge on any atom is 0.325 e. The average Bonchev–Trinajstić information content (AvgIpc) is 2.43. The van der Waals surface area contributed by atoms with Crippen LogP contribution in [-0.4, -0.2) is 30.8 Å². The van der Waals surface area contributed by atoms with Crippen LogP contribution in [-0.2, 0) is 20.1 Å². The highest BCUT2D eigenvalue weighted by Gasteiger charge is 2.14. The molecule has 0 saturated carbocycles. The summed E-state index contributed by atoms with van der Waals surface area (Å²) in [5.74, 6) is 0.188. The fourth-order valence-electron chi connectivity index (χ4n) is 1.44. The van der Waals surface area contributed by atoms with Gasteiger partial charge in [-0.15, -0.1) is 11.8 Å². The zero-order valence-corrected chi connectivity index (χ0v) is 12.3. The second kappa shape index (κ2) is 7.84. The summed E-state index contributed by atoms with van der Waals surface area (Å²) in [6.07, 6.45) is 0. The summed E-state index contributed by atoms with van der Waals surface area (Å²) >= 11 is 1.55. The van der Waals surface area contributed by atoms with Crippen LogP contribution in [0.5, 0.6) is 0 Å². The van der Waals surface area contributed by atoms with Gasteiger partial charge in [-0.05, 0) is 25.0 Å². The van der Waals surface area contributed by atoms with Crippen molar-refractivity contribution in [3.8, 4) is 0 Å². The van der Waals surface area contributed by atoms with E-state index in [-0.39, 0.29) is 17.7 Å². The SMILES string of the molecule is COC(=O)CNC(=O)C(C)SCc1ccccc1C. The number of carbonyl (C=O) groups excluding carboxylic acids is 2. The molecular formula is C14H19NO3S. The Morgan fingerprint density at radius 1 is 1.37 bits per heavy atom. The summed E-state index contributed by atoms with van der Waals surface area (Å²) in [6, 6.07) is 8.10. The van der Waals surface area contributed by atoms with E-state index in [2.05, 4.69) is 29.1 Å². The van der Waals surface area contributed by atoms with Crippen molar-refractivity contribution in [3.63, 3.8) is 0 Å². The quantitative estimate of drug-likeness (QED) is 0.809. The highest BCUT2D eigenvalue weighted by molar-refractivity contribution is 7.99. The lowest BCUT2D eigenvalue weighted by Gasteiger charge is -2.12. The maximum atomic E-state index is 11.7. The third-order valence-corrected chi connectivity index (χ3v) is 3.95. The van der Waals surface area contributed by atoms with Crippen molar-refractivity contribution in [2.45, 2.75) is 24.9 Å².